The van der Waals surface area contributed by atoms with Crippen molar-refractivity contribution in [3.8, 4) is 5.75 Å². The maximum atomic E-state index is 11.4. The van der Waals surface area contributed by atoms with E-state index < -0.39 is 0 Å². The minimum atomic E-state index is -0.345. The van der Waals surface area contributed by atoms with Gasteiger partial charge in [-0.1, -0.05) is 38.5 Å². The third kappa shape index (κ3) is 4.10. The molecule has 0 N–H and O–H groups in total. The second kappa shape index (κ2) is 8.81. The highest BCUT2D eigenvalue weighted by Gasteiger charge is 2.47. The van der Waals surface area contributed by atoms with E-state index in [1.165, 1.54) is 23.6 Å². The predicted molar refractivity (Wildman–Crippen MR) is 125 cm³/mol. The van der Waals surface area contributed by atoms with Crippen LogP contribution in [0.15, 0.2) is 47.5 Å². The Bertz CT molecular complexity index is 986. The van der Waals surface area contributed by atoms with Crippen LogP contribution in [-0.4, -0.2) is 18.2 Å². The van der Waals surface area contributed by atoms with Crippen molar-refractivity contribution in [3.63, 3.8) is 0 Å². The number of nitrogens with zero attached hydrogens (tertiary/aromatic N) is 2. The molecule has 0 bridgehead atoms. The molecule has 0 aromatic heterocycles. The number of ether oxygens (including phenoxy) is 1. The first-order valence-corrected chi connectivity index (χ1v) is 11.4. The standard InChI is InChI=1S/C26H32N2O3/c1-4-7-23-22-12-10-18-16-19(31-3)11-13-20(18)21(22)14-15-26(23,2)17-27-24-8-5-6-9-25(24)28(29)30/h5-6,8-9,11,13,16-17,21-23H,4,7,10,12,14-15H2,1-3H3/t21-,22-,23+,26-/m1/s1. The molecule has 2 aromatic rings. The lowest BCUT2D eigenvalue weighted by Crippen LogP contribution is -2.43. The van der Waals surface area contributed by atoms with Gasteiger partial charge in [-0.25, -0.2) is 0 Å². The summed E-state index contributed by atoms with van der Waals surface area (Å²) >= 11 is 0. The number of para-hydroxylation sites is 2. The van der Waals surface area contributed by atoms with Crippen molar-refractivity contribution in [2.45, 2.75) is 58.3 Å². The molecule has 164 valence electrons. The van der Waals surface area contributed by atoms with Gasteiger partial charge in [-0.05, 0) is 79.2 Å². The van der Waals surface area contributed by atoms with Gasteiger partial charge < -0.3 is 4.74 Å². The number of benzene rings is 2. The molecule has 0 radical (unpaired) electrons. The molecule has 4 atom stereocenters. The molecule has 1 fully saturated rings. The molecule has 5 heteroatoms. The summed E-state index contributed by atoms with van der Waals surface area (Å²) in [6.07, 6.45) is 8.79. The van der Waals surface area contributed by atoms with Crippen LogP contribution in [0.3, 0.4) is 0 Å². The molecule has 0 unspecified atom stereocenters. The topological polar surface area (TPSA) is 64.7 Å². The molecule has 5 nitrogen and oxygen atoms in total. The number of hydrogen-bond donors (Lipinski definition) is 0. The minimum absolute atomic E-state index is 0.0507. The average Bonchev–Trinajstić information content (AvgIpc) is 2.79. The highest BCUT2D eigenvalue weighted by atomic mass is 16.6. The summed E-state index contributed by atoms with van der Waals surface area (Å²) in [5, 5.41) is 11.4. The van der Waals surface area contributed by atoms with E-state index in [2.05, 4.69) is 37.0 Å². The first-order chi connectivity index (χ1) is 15.0. The summed E-state index contributed by atoms with van der Waals surface area (Å²) in [5.41, 5.74) is 3.41. The second-order valence-corrected chi connectivity index (χ2v) is 9.32. The van der Waals surface area contributed by atoms with Gasteiger partial charge in [0.15, 0.2) is 0 Å². The van der Waals surface area contributed by atoms with Crippen LogP contribution < -0.4 is 4.74 Å². The van der Waals surface area contributed by atoms with Crippen LogP contribution in [0.25, 0.3) is 0 Å². The SMILES string of the molecule is CCC[C@H]1[C@@H]2CCc3cc(OC)ccc3[C@H]2CC[C@]1(C)C=Nc1ccccc1[N+](=O)[O-]. The zero-order valence-corrected chi connectivity index (χ0v) is 18.7. The van der Waals surface area contributed by atoms with Gasteiger partial charge >= 0.3 is 0 Å². The van der Waals surface area contributed by atoms with Crippen molar-refractivity contribution >= 4 is 17.6 Å². The molecule has 31 heavy (non-hydrogen) atoms. The van der Waals surface area contributed by atoms with Gasteiger partial charge in [0.1, 0.15) is 11.4 Å². The van der Waals surface area contributed by atoms with E-state index in [1.807, 2.05) is 12.3 Å². The fraction of sp³-hybridized carbons (Fsp3) is 0.500. The number of nitro groups is 1. The zero-order chi connectivity index (χ0) is 22.0. The normalized spacial score (nSPS) is 27.5. The number of fused-ring (bicyclic) bond motifs is 3. The number of aryl methyl sites for hydroxylation is 1. The first-order valence-electron chi connectivity index (χ1n) is 11.4. The number of nitro benzene ring substituents is 1. The maximum absolute atomic E-state index is 11.4. The Balaban J connectivity index is 1.64. The van der Waals surface area contributed by atoms with E-state index in [0.29, 0.717) is 23.4 Å². The molecule has 1 saturated carbocycles. The van der Waals surface area contributed by atoms with Gasteiger partial charge in [-0.2, -0.15) is 0 Å². The third-order valence-corrected chi connectivity index (χ3v) is 7.55. The second-order valence-electron chi connectivity index (χ2n) is 9.32. The van der Waals surface area contributed by atoms with Gasteiger partial charge in [0, 0.05) is 17.7 Å². The number of methoxy groups -OCH3 is 1. The summed E-state index contributed by atoms with van der Waals surface area (Å²) in [5.74, 6) is 2.67. The van der Waals surface area contributed by atoms with Gasteiger partial charge in [0.05, 0.1) is 12.0 Å². The van der Waals surface area contributed by atoms with Crippen molar-refractivity contribution < 1.29 is 9.66 Å². The first kappa shape index (κ1) is 21.5. The Morgan fingerprint density at radius 3 is 2.81 bits per heavy atom. The monoisotopic (exact) mass is 420 g/mol. The van der Waals surface area contributed by atoms with Gasteiger partial charge in [-0.3, -0.25) is 15.1 Å². The van der Waals surface area contributed by atoms with Crippen molar-refractivity contribution in [3.05, 3.63) is 63.7 Å². The van der Waals surface area contributed by atoms with E-state index in [1.54, 1.807) is 19.2 Å². The quantitative estimate of drug-likeness (QED) is 0.291. The molecule has 0 saturated heterocycles. The lowest BCUT2D eigenvalue weighted by molar-refractivity contribution is -0.384. The van der Waals surface area contributed by atoms with E-state index >= 15 is 0 Å². The highest BCUT2D eigenvalue weighted by molar-refractivity contribution is 5.73. The molecule has 0 heterocycles. The molecule has 2 aromatic carbocycles. The van der Waals surface area contributed by atoms with E-state index in [0.717, 1.165) is 37.9 Å². The Labute approximate surface area is 184 Å². The van der Waals surface area contributed by atoms with Gasteiger partial charge in [0.2, 0.25) is 0 Å². The Morgan fingerprint density at radius 2 is 2.06 bits per heavy atom. The molecule has 2 aliphatic rings. The summed E-state index contributed by atoms with van der Waals surface area (Å²) in [4.78, 5) is 15.7. The van der Waals surface area contributed by atoms with E-state index in [4.69, 9.17) is 4.74 Å². The van der Waals surface area contributed by atoms with Gasteiger partial charge in [0.25, 0.3) is 5.69 Å². The summed E-state index contributed by atoms with van der Waals surface area (Å²) < 4.78 is 5.44. The average molecular weight is 421 g/mol. The Morgan fingerprint density at radius 1 is 1.26 bits per heavy atom. The third-order valence-electron chi connectivity index (χ3n) is 7.55. The molecular weight excluding hydrogens is 388 g/mol. The van der Waals surface area contributed by atoms with Crippen molar-refractivity contribution in [1.29, 1.82) is 0 Å². The van der Waals surface area contributed by atoms with Crippen LogP contribution in [0.1, 0.15) is 63.0 Å². The summed E-state index contributed by atoms with van der Waals surface area (Å²) in [7, 11) is 1.73. The van der Waals surface area contributed by atoms with Gasteiger partial charge in [-0.15, -0.1) is 0 Å². The summed E-state index contributed by atoms with van der Waals surface area (Å²) in [6, 6.07) is 13.4. The Hall–Kier alpha value is -2.69. The van der Waals surface area contributed by atoms with Crippen LogP contribution in [0, 0.1) is 27.4 Å². The van der Waals surface area contributed by atoms with Crippen LogP contribution in [0.5, 0.6) is 5.75 Å². The smallest absolute Gasteiger partial charge is 0.294 e. The fourth-order valence-electron chi connectivity index (χ4n) is 5.99. The number of aliphatic imine (C=N–C) groups is 1. The maximum Gasteiger partial charge on any atom is 0.294 e. The molecule has 4 rings (SSSR count). The lowest BCUT2D eigenvalue weighted by Gasteiger charge is -2.50. The molecule has 0 spiro atoms. The van der Waals surface area contributed by atoms with Crippen molar-refractivity contribution in [2.75, 3.05) is 7.11 Å². The van der Waals surface area contributed by atoms with E-state index in [9.17, 15) is 10.1 Å². The minimum Gasteiger partial charge on any atom is -0.497 e. The molecule has 0 aliphatic heterocycles. The largest absolute Gasteiger partial charge is 0.497 e. The predicted octanol–water partition coefficient (Wildman–Crippen LogP) is 6.87. The van der Waals surface area contributed by atoms with Crippen LogP contribution in [0.2, 0.25) is 0 Å². The lowest BCUT2D eigenvalue weighted by atomic mass is 9.54. The molecule has 2 aliphatic carbocycles. The van der Waals surface area contributed by atoms with Crippen molar-refractivity contribution in [2.24, 2.45) is 22.2 Å². The van der Waals surface area contributed by atoms with E-state index in [-0.39, 0.29) is 16.0 Å². The number of rotatable bonds is 6. The van der Waals surface area contributed by atoms with Crippen LogP contribution >= 0.6 is 0 Å². The van der Waals surface area contributed by atoms with Crippen molar-refractivity contribution in [1.82, 2.24) is 0 Å². The zero-order valence-electron chi connectivity index (χ0n) is 18.7. The highest BCUT2D eigenvalue weighted by Crippen LogP contribution is 2.55. The van der Waals surface area contributed by atoms with Crippen LogP contribution in [-0.2, 0) is 6.42 Å². The molecular formula is C26H32N2O3. The van der Waals surface area contributed by atoms with Crippen LogP contribution in [0.4, 0.5) is 11.4 Å². The fourth-order valence-corrected chi connectivity index (χ4v) is 5.99. The Kier molecular flexibility index (Phi) is 6.12. The summed E-state index contributed by atoms with van der Waals surface area (Å²) in [6.45, 7) is 4.57. The number of hydrogen-bond acceptors (Lipinski definition) is 4. The molecule has 0 amide bonds.